The minimum Gasteiger partial charge on any atom is -0.371 e. The van der Waals surface area contributed by atoms with Crippen molar-refractivity contribution in [2.75, 3.05) is 50.7 Å². The molecule has 2 saturated heterocycles. The van der Waals surface area contributed by atoms with Crippen molar-refractivity contribution in [1.29, 1.82) is 5.26 Å². The Bertz CT molecular complexity index is 934. The van der Waals surface area contributed by atoms with Crippen molar-refractivity contribution in [3.8, 4) is 6.07 Å². The smallest absolute Gasteiger partial charge is 0.317 e. The summed E-state index contributed by atoms with van der Waals surface area (Å²) in [6, 6.07) is 18.4. The molecule has 2 aliphatic heterocycles. The SMILES string of the molecule is N#Cc1ccc(CN2CCN(C(=O)NCC3CCN(c4cccc(Br)c4)C3)CC2)cc1. The summed E-state index contributed by atoms with van der Waals surface area (Å²) in [6.07, 6.45) is 1.10. The molecule has 1 atom stereocenters. The highest BCUT2D eigenvalue weighted by atomic mass is 79.9. The zero-order valence-corrected chi connectivity index (χ0v) is 19.2. The van der Waals surface area contributed by atoms with Gasteiger partial charge in [-0.3, -0.25) is 4.90 Å². The molecule has 6 nitrogen and oxygen atoms in total. The Kier molecular flexibility index (Phi) is 7.10. The molecule has 7 heteroatoms. The second-order valence-electron chi connectivity index (χ2n) is 8.34. The number of carbonyl (C=O) groups excluding carboxylic acids is 1. The Labute approximate surface area is 192 Å². The highest BCUT2D eigenvalue weighted by Gasteiger charge is 2.25. The second-order valence-corrected chi connectivity index (χ2v) is 9.25. The standard InChI is InChI=1S/C24H28BrN5O/c25-22-2-1-3-23(14-22)30-9-8-21(18-30)16-27-24(31)29-12-10-28(11-13-29)17-20-6-4-19(15-26)5-7-20/h1-7,14,21H,8-13,16-18H2,(H,27,31). The van der Waals surface area contributed by atoms with Gasteiger partial charge in [-0.2, -0.15) is 5.26 Å². The van der Waals surface area contributed by atoms with Gasteiger partial charge in [-0.25, -0.2) is 4.79 Å². The van der Waals surface area contributed by atoms with Crippen LogP contribution in [0.1, 0.15) is 17.5 Å². The zero-order chi connectivity index (χ0) is 21.6. The van der Waals surface area contributed by atoms with E-state index in [9.17, 15) is 4.79 Å². The Morgan fingerprint density at radius 2 is 1.87 bits per heavy atom. The van der Waals surface area contributed by atoms with Crippen LogP contribution in [0.3, 0.4) is 0 Å². The van der Waals surface area contributed by atoms with Gasteiger partial charge in [0.25, 0.3) is 0 Å². The molecule has 0 saturated carbocycles. The molecule has 0 spiro atoms. The number of anilines is 1. The normalized spacial score (nSPS) is 19.3. The number of nitrogens with one attached hydrogen (secondary N) is 1. The van der Waals surface area contributed by atoms with Crippen molar-refractivity contribution in [2.45, 2.75) is 13.0 Å². The Morgan fingerprint density at radius 1 is 1.10 bits per heavy atom. The molecule has 2 aliphatic rings. The molecule has 162 valence electrons. The van der Waals surface area contributed by atoms with Crippen LogP contribution < -0.4 is 10.2 Å². The zero-order valence-electron chi connectivity index (χ0n) is 17.6. The van der Waals surface area contributed by atoms with E-state index in [4.69, 9.17) is 5.26 Å². The molecule has 2 aromatic rings. The molecule has 1 unspecified atom stereocenters. The predicted molar refractivity (Wildman–Crippen MR) is 126 cm³/mol. The molecule has 1 N–H and O–H groups in total. The van der Waals surface area contributed by atoms with E-state index in [0.717, 1.165) is 63.3 Å². The lowest BCUT2D eigenvalue weighted by atomic mass is 10.1. The third kappa shape index (κ3) is 5.78. The van der Waals surface area contributed by atoms with E-state index in [1.807, 2.05) is 35.2 Å². The molecule has 0 bridgehead atoms. The van der Waals surface area contributed by atoms with E-state index in [2.05, 4.69) is 55.3 Å². The number of benzene rings is 2. The third-order valence-electron chi connectivity index (χ3n) is 6.15. The molecule has 2 aromatic carbocycles. The maximum atomic E-state index is 12.6. The van der Waals surface area contributed by atoms with Gasteiger partial charge < -0.3 is 15.1 Å². The van der Waals surface area contributed by atoms with Crippen molar-refractivity contribution < 1.29 is 4.79 Å². The molecular formula is C24H28BrN5O. The van der Waals surface area contributed by atoms with Crippen LogP contribution in [-0.2, 0) is 6.54 Å². The van der Waals surface area contributed by atoms with Crippen LogP contribution in [0, 0.1) is 17.2 Å². The summed E-state index contributed by atoms with van der Waals surface area (Å²) in [7, 11) is 0. The molecule has 4 rings (SSSR count). The van der Waals surface area contributed by atoms with Gasteiger partial charge >= 0.3 is 6.03 Å². The summed E-state index contributed by atoms with van der Waals surface area (Å²) in [5.41, 5.74) is 3.13. The summed E-state index contributed by atoms with van der Waals surface area (Å²) in [5.74, 6) is 0.487. The number of amides is 2. The number of halogens is 1. The summed E-state index contributed by atoms with van der Waals surface area (Å²) >= 11 is 3.54. The molecule has 0 aromatic heterocycles. The van der Waals surface area contributed by atoms with Crippen LogP contribution in [0.2, 0.25) is 0 Å². The van der Waals surface area contributed by atoms with Gasteiger partial charge in [0.05, 0.1) is 11.6 Å². The maximum absolute atomic E-state index is 12.6. The van der Waals surface area contributed by atoms with Gasteiger partial charge in [-0.05, 0) is 48.2 Å². The second kappa shape index (κ2) is 10.2. The average molecular weight is 482 g/mol. The van der Waals surface area contributed by atoms with Gasteiger partial charge in [0.15, 0.2) is 0 Å². The third-order valence-corrected chi connectivity index (χ3v) is 6.64. The fourth-order valence-corrected chi connectivity index (χ4v) is 4.69. The van der Waals surface area contributed by atoms with Gasteiger partial charge in [-0.15, -0.1) is 0 Å². The monoisotopic (exact) mass is 481 g/mol. The minimum atomic E-state index is 0.0546. The van der Waals surface area contributed by atoms with Crippen LogP contribution in [0.15, 0.2) is 53.0 Å². The summed E-state index contributed by atoms with van der Waals surface area (Å²) < 4.78 is 1.10. The molecule has 31 heavy (non-hydrogen) atoms. The van der Waals surface area contributed by atoms with Crippen LogP contribution in [0.4, 0.5) is 10.5 Å². The average Bonchev–Trinajstić information content (AvgIpc) is 3.28. The van der Waals surface area contributed by atoms with E-state index in [1.165, 1.54) is 11.3 Å². The van der Waals surface area contributed by atoms with Gasteiger partial charge in [0, 0.05) is 62.5 Å². The largest absolute Gasteiger partial charge is 0.371 e. The van der Waals surface area contributed by atoms with Crippen LogP contribution in [-0.4, -0.2) is 61.6 Å². The quantitative estimate of drug-likeness (QED) is 0.707. The highest BCUT2D eigenvalue weighted by molar-refractivity contribution is 9.10. The van der Waals surface area contributed by atoms with Crippen LogP contribution in [0.25, 0.3) is 0 Å². The first-order chi connectivity index (χ1) is 15.1. The number of urea groups is 1. The molecular weight excluding hydrogens is 454 g/mol. The van der Waals surface area contributed by atoms with Gasteiger partial charge in [0.2, 0.25) is 0 Å². The number of nitrogens with zero attached hydrogens (tertiary/aromatic N) is 4. The van der Waals surface area contributed by atoms with Crippen molar-refractivity contribution in [3.63, 3.8) is 0 Å². The number of piperazine rings is 1. The lowest BCUT2D eigenvalue weighted by Gasteiger charge is -2.35. The highest BCUT2D eigenvalue weighted by Crippen LogP contribution is 2.26. The van der Waals surface area contributed by atoms with E-state index in [-0.39, 0.29) is 6.03 Å². The molecule has 2 fully saturated rings. The van der Waals surface area contributed by atoms with E-state index in [1.54, 1.807) is 0 Å². The van der Waals surface area contributed by atoms with Crippen LogP contribution >= 0.6 is 15.9 Å². The minimum absolute atomic E-state index is 0.0546. The Balaban J connectivity index is 1.18. The van der Waals surface area contributed by atoms with E-state index in [0.29, 0.717) is 11.5 Å². The lowest BCUT2D eigenvalue weighted by Crippen LogP contribution is -2.52. The topological polar surface area (TPSA) is 62.6 Å². The maximum Gasteiger partial charge on any atom is 0.317 e. The number of nitriles is 1. The van der Waals surface area contributed by atoms with Crippen molar-refractivity contribution >= 4 is 27.6 Å². The predicted octanol–water partition coefficient (Wildman–Crippen LogP) is 3.67. The van der Waals surface area contributed by atoms with E-state index < -0.39 is 0 Å². The number of hydrogen-bond donors (Lipinski definition) is 1. The van der Waals surface area contributed by atoms with Gasteiger partial charge in [0.1, 0.15) is 0 Å². The number of carbonyl (C=O) groups is 1. The van der Waals surface area contributed by atoms with Crippen molar-refractivity contribution in [2.24, 2.45) is 5.92 Å². The molecule has 2 heterocycles. The number of rotatable bonds is 5. The summed E-state index contributed by atoms with van der Waals surface area (Å²) in [5, 5.41) is 12.1. The Morgan fingerprint density at radius 3 is 2.58 bits per heavy atom. The van der Waals surface area contributed by atoms with Gasteiger partial charge in [-0.1, -0.05) is 34.1 Å². The Hall–Kier alpha value is -2.56. The van der Waals surface area contributed by atoms with E-state index >= 15 is 0 Å². The first-order valence-corrected chi connectivity index (χ1v) is 11.6. The van der Waals surface area contributed by atoms with Crippen LogP contribution in [0.5, 0.6) is 0 Å². The lowest BCUT2D eigenvalue weighted by molar-refractivity contribution is 0.134. The van der Waals surface area contributed by atoms with Crippen molar-refractivity contribution in [1.82, 2.24) is 15.1 Å². The molecule has 2 amide bonds. The fourth-order valence-electron chi connectivity index (χ4n) is 4.30. The summed E-state index contributed by atoms with van der Waals surface area (Å²) in [4.78, 5) is 19.3. The molecule has 0 radical (unpaired) electrons. The van der Waals surface area contributed by atoms with Crippen molar-refractivity contribution in [3.05, 3.63) is 64.1 Å². The first-order valence-electron chi connectivity index (χ1n) is 10.9. The number of hydrogen-bond acceptors (Lipinski definition) is 4. The first kappa shape index (κ1) is 21.7. The fraction of sp³-hybridized carbons (Fsp3) is 0.417. The molecule has 0 aliphatic carbocycles. The summed E-state index contributed by atoms with van der Waals surface area (Å²) in [6.45, 7) is 6.83.